The van der Waals surface area contributed by atoms with Crippen molar-refractivity contribution in [3.63, 3.8) is 0 Å². The average Bonchev–Trinajstić information content (AvgIpc) is 2.46. The third-order valence-corrected chi connectivity index (χ3v) is 4.44. The number of carbonyl (C=O) groups excluding carboxylic acids is 1. The Bertz CT molecular complexity index is 649. The van der Waals surface area contributed by atoms with Crippen molar-refractivity contribution in [2.75, 3.05) is 18.2 Å². The molecule has 0 aliphatic carbocycles. The van der Waals surface area contributed by atoms with Crippen LogP contribution in [-0.2, 0) is 4.79 Å². The van der Waals surface area contributed by atoms with E-state index in [2.05, 4.69) is 5.32 Å². The van der Waals surface area contributed by atoms with Crippen LogP contribution in [0.25, 0.3) is 0 Å². The van der Waals surface area contributed by atoms with E-state index in [4.69, 9.17) is 27.9 Å². The Labute approximate surface area is 137 Å². The Kier molecular flexibility index (Phi) is 5.79. The summed E-state index contributed by atoms with van der Waals surface area (Å²) >= 11 is 13.4. The lowest BCUT2D eigenvalue weighted by Crippen LogP contribution is -2.14. The van der Waals surface area contributed by atoms with E-state index in [0.29, 0.717) is 21.5 Å². The molecular weight excluding hydrogens is 329 g/mol. The van der Waals surface area contributed by atoms with Gasteiger partial charge in [-0.05, 0) is 30.3 Å². The average molecular weight is 342 g/mol. The fraction of sp³-hybridized carbons (Fsp3) is 0.133. The highest BCUT2D eigenvalue weighted by atomic mass is 35.5. The SMILES string of the molecule is COc1ccc(NC(=O)CSc2ccccc2Cl)cc1Cl. The fourth-order valence-electron chi connectivity index (χ4n) is 1.65. The number of nitrogens with one attached hydrogen (secondary N) is 1. The summed E-state index contributed by atoms with van der Waals surface area (Å²) in [7, 11) is 1.54. The van der Waals surface area contributed by atoms with Gasteiger partial charge in [-0.1, -0.05) is 35.3 Å². The van der Waals surface area contributed by atoms with E-state index in [1.807, 2.05) is 18.2 Å². The van der Waals surface area contributed by atoms with Crippen LogP contribution < -0.4 is 10.1 Å². The minimum absolute atomic E-state index is 0.124. The Hall–Kier alpha value is -1.36. The van der Waals surface area contributed by atoms with Gasteiger partial charge in [0.15, 0.2) is 0 Å². The molecule has 0 radical (unpaired) electrons. The van der Waals surface area contributed by atoms with Gasteiger partial charge in [-0.3, -0.25) is 4.79 Å². The molecule has 0 spiro atoms. The number of carbonyl (C=O) groups is 1. The number of ether oxygens (including phenoxy) is 1. The molecule has 0 atom stereocenters. The van der Waals surface area contributed by atoms with Gasteiger partial charge in [0.05, 0.1) is 22.9 Å². The van der Waals surface area contributed by atoms with Crippen molar-refractivity contribution >= 4 is 46.6 Å². The van der Waals surface area contributed by atoms with Crippen LogP contribution in [0.4, 0.5) is 5.69 Å². The largest absolute Gasteiger partial charge is 0.495 e. The molecule has 0 saturated heterocycles. The van der Waals surface area contributed by atoms with Crippen molar-refractivity contribution in [3.05, 3.63) is 52.5 Å². The van der Waals surface area contributed by atoms with Crippen molar-refractivity contribution < 1.29 is 9.53 Å². The monoisotopic (exact) mass is 341 g/mol. The third kappa shape index (κ3) is 4.56. The molecule has 110 valence electrons. The predicted octanol–water partition coefficient (Wildman–Crippen LogP) is 4.73. The maximum atomic E-state index is 11.9. The number of hydrogen-bond acceptors (Lipinski definition) is 3. The van der Waals surface area contributed by atoms with Gasteiger partial charge in [-0.15, -0.1) is 11.8 Å². The summed E-state index contributed by atoms with van der Waals surface area (Å²) in [6.45, 7) is 0. The number of thioether (sulfide) groups is 1. The normalized spacial score (nSPS) is 10.2. The zero-order valence-corrected chi connectivity index (χ0v) is 13.6. The minimum Gasteiger partial charge on any atom is -0.495 e. The molecule has 0 fully saturated rings. The zero-order chi connectivity index (χ0) is 15.2. The van der Waals surface area contributed by atoms with Crippen LogP contribution in [0.1, 0.15) is 0 Å². The fourth-order valence-corrected chi connectivity index (χ4v) is 2.94. The summed E-state index contributed by atoms with van der Waals surface area (Å²) in [5, 5.41) is 3.88. The highest BCUT2D eigenvalue weighted by Crippen LogP contribution is 2.28. The van der Waals surface area contributed by atoms with Gasteiger partial charge in [-0.2, -0.15) is 0 Å². The number of benzene rings is 2. The summed E-state index contributed by atoms with van der Waals surface area (Å²) < 4.78 is 5.06. The lowest BCUT2D eigenvalue weighted by atomic mass is 10.3. The Morgan fingerprint density at radius 1 is 1.19 bits per heavy atom. The molecule has 0 saturated carbocycles. The highest BCUT2D eigenvalue weighted by molar-refractivity contribution is 8.00. The van der Waals surface area contributed by atoms with E-state index in [9.17, 15) is 4.79 Å². The van der Waals surface area contributed by atoms with E-state index in [1.54, 1.807) is 31.4 Å². The van der Waals surface area contributed by atoms with Gasteiger partial charge in [0.1, 0.15) is 5.75 Å². The molecule has 0 unspecified atom stereocenters. The molecule has 3 nitrogen and oxygen atoms in total. The summed E-state index contributed by atoms with van der Waals surface area (Å²) in [5.74, 6) is 0.717. The molecule has 2 aromatic carbocycles. The summed E-state index contributed by atoms with van der Waals surface area (Å²) in [6, 6.07) is 12.5. The summed E-state index contributed by atoms with van der Waals surface area (Å²) in [5.41, 5.74) is 0.630. The first-order chi connectivity index (χ1) is 10.1. The molecule has 2 rings (SSSR count). The van der Waals surface area contributed by atoms with Crippen LogP contribution >= 0.6 is 35.0 Å². The molecule has 1 amide bonds. The Balaban J connectivity index is 1.93. The van der Waals surface area contributed by atoms with Crippen LogP contribution in [0, 0.1) is 0 Å². The number of rotatable bonds is 5. The third-order valence-electron chi connectivity index (χ3n) is 2.63. The maximum absolute atomic E-state index is 11.9. The van der Waals surface area contributed by atoms with Crippen molar-refractivity contribution in [1.29, 1.82) is 0 Å². The highest BCUT2D eigenvalue weighted by Gasteiger charge is 2.07. The van der Waals surface area contributed by atoms with E-state index >= 15 is 0 Å². The number of halogens is 2. The molecule has 0 aliphatic heterocycles. The standard InChI is InChI=1S/C15H13Cl2NO2S/c1-20-13-7-6-10(8-12(13)17)18-15(19)9-21-14-5-3-2-4-11(14)16/h2-8H,9H2,1H3,(H,18,19). The second kappa shape index (κ2) is 7.59. The molecule has 0 aliphatic rings. The van der Waals surface area contributed by atoms with Crippen molar-refractivity contribution in [3.8, 4) is 5.75 Å². The van der Waals surface area contributed by atoms with E-state index < -0.39 is 0 Å². The van der Waals surface area contributed by atoms with E-state index in [-0.39, 0.29) is 11.7 Å². The molecular formula is C15H13Cl2NO2S. The first-order valence-corrected chi connectivity index (χ1v) is 7.85. The van der Waals surface area contributed by atoms with Crippen molar-refractivity contribution in [2.24, 2.45) is 0 Å². The van der Waals surface area contributed by atoms with Gasteiger partial charge in [0.25, 0.3) is 0 Å². The molecule has 21 heavy (non-hydrogen) atoms. The van der Waals surface area contributed by atoms with E-state index in [0.717, 1.165) is 4.90 Å². The first-order valence-electron chi connectivity index (χ1n) is 6.11. The lowest BCUT2D eigenvalue weighted by molar-refractivity contribution is -0.113. The van der Waals surface area contributed by atoms with Crippen LogP contribution in [0.5, 0.6) is 5.75 Å². The topological polar surface area (TPSA) is 38.3 Å². The van der Waals surface area contributed by atoms with Crippen molar-refractivity contribution in [2.45, 2.75) is 4.90 Å². The van der Waals surface area contributed by atoms with Gasteiger partial charge in [0, 0.05) is 10.6 Å². The van der Waals surface area contributed by atoms with Crippen molar-refractivity contribution in [1.82, 2.24) is 0 Å². The first kappa shape index (κ1) is 16.0. The van der Waals surface area contributed by atoms with Gasteiger partial charge in [0.2, 0.25) is 5.91 Å². The smallest absolute Gasteiger partial charge is 0.234 e. The second-order valence-electron chi connectivity index (χ2n) is 4.12. The number of methoxy groups -OCH3 is 1. The van der Waals surface area contributed by atoms with Crippen LogP contribution in [-0.4, -0.2) is 18.8 Å². The van der Waals surface area contributed by atoms with Crippen LogP contribution in [0.15, 0.2) is 47.4 Å². The molecule has 0 aromatic heterocycles. The minimum atomic E-state index is -0.124. The quantitative estimate of drug-likeness (QED) is 0.798. The molecule has 6 heteroatoms. The maximum Gasteiger partial charge on any atom is 0.234 e. The van der Waals surface area contributed by atoms with E-state index in [1.165, 1.54) is 11.8 Å². The van der Waals surface area contributed by atoms with Gasteiger partial charge in [-0.25, -0.2) is 0 Å². The summed E-state index contributed by atoms with van der Waals surface area (Å²) in [6.07, 6.45) is 0. The Morgan fingerprint density at radius 2 is 1.95 bits per heavy atom. The van der Waals surface area contributed by atoms with Crippen LogP contribution in [0.2, 0.25) is 10.0 Å². The van der Waals surface area contributed by atoms with Crippen LogP contribution in [0.3, 0.4) is 0 Å². The zero-order valence-electron chi connectivity index (χ0n) is 11.2. The number of hydrogen-bond donors (Lipinski definition) is 1. The predicted molar refractivity (Wildman–Crippen MR) is 88.8 cm³/mol. The molecule has 0 bridgehead atoms. The summed E-state index contributed by atoms with van der Waals surface area (Å²) in [4.78, 5) is 12.8. The Morgan fingerprint density at radius 3 is 2.62 bits per heavy atom. The van der Waals surface area contributed by atoms with Gasteiger partial charge >= 0.3 is 0 Å². The number of amides is 1. The second-order valence-corrected chi connectivity index (χ2v) is 5.95. The molecule has 1 N–H and O–H groups in total. The number of anilines is 1. The molecule has 2 aromatic rings. The lowest BCUT2D eigenvalue weighted by Gasteiger charge is -2.08. The van der Waals surface area contributed by atoms with Gasteiger partial charge < -0.3 is 10.1 Å². The molecule has 0 heterocycles.